The van der Waals surface area contributed by atoms with E-state index in [1.165, 1.54) is 38.5 Å². The van der Waals surface area contributed by atoms with Gasteiger partial charge in [0.25, 0.3) is 0 Å². The second-order valence-electron chi connectivity index (χ2n) is 11.3. The predicted molar refractivity (Wildman–Crippen MR) is 150 cm³/mol. The summed E-state index contributed by atoms with van der Waals surface area (Å²) >= 11 is 11.6. The number of carbonyl (C=O) groups excluding carboxylic acids is 1. The smallest absolute Gasteiger partial charge is 0.225 e. The quantitative estimate of drug-likeness (QED) is 0.453. The van der Waals surface area contributed by atoms with Gasteiger partial charge >= 0.3 is 0 Å². The predicted octanol–water partition coefficient (Wildman–Crippen LogP) is 4.94. The van der Waals surface area contributed by atoms with Crippen LogP contribution in [0.1, 0.15) is 51.4 Å². The minimum absolute atomic E-state index is 0.346. The van der Waals surface area contributed by atoms with Gasteiger partial charge in [-0.15, -0.1) is 0 Å². The van der Waals surface area contributed by atoms with Gasteiger partial charge in [-0.2, -0.15) is 0 Å². The number of hydrogen-bond acceptors (Lipinski definition) is 8. The average molecular weight is 562 g/mol. The van der Waals surface area contributed by atoms with Gasteiger partial charge in [0.15, 0.2) is 0 Å². The molecule has 2 saturated heterocycles. The molecule has 10 heteroatoms. The van der Waals surface area contributed by atoms with E-state index in [0.717, 1.165) is 86.8 Å². The zero-order chi connectivity index (χ0) is 26.5. The highest BCUT2D eigenvalue weighted by atomic mass is 35.5. The summed E-state index contributed by atoms with van der Waals surface area (Å²) in [7, 11) is 0. The number of aliphatic hydroxyl groups excluding tert-OH is 1. The van der Waals surface area contributed by atoms with Gasteiger partial charge in [0.05, 0.1) is 34.8 Å². The molecule has 4 fully saturated rings. The van der Waals surface area contributed by atoms with E-state index in [2.05, 4.69) is 29.7 Å². The molecule has 206 valence electrons. The molecule has 0 amide bonds. The maximum atomic E-state index is 10.5. The standard InChI is InChI=1S/C14H20ClN3O.C14H18ClN3O/c2*15-12-8-16-14(17-9-12)18-4-1-10(2-5-18)13-7-11(13)3-6-19/h8-11,13,19H,1-7H2;6,8-11,13H,1-5,7H2/t2*11-,13?/m11/s1. The van der Waals surface area contributed by atoms with Crippen LogP contribution in [0.15, 0.2) is 24.8 Å². The van der Waals surface area contributed by atoms with Crippen LogP contribution < -0.4 is 9.80 Å². The lowest BCUT2D eigenvalue weighted by atomic mass is 9.90. The molecule has 4 aliphatic rings. The molecule has 4 heterocycles. The van der Waals surface area contributed by atoms with Crippen molar-refractivity contribution in [1.82, 2.24) is 19.9 Å². The molecule has 2 saturated carbocycles. The van der Waals surface area contributed by atoms with Crippen molar-refractivity contribution >= 4 is 41.4 Å². The fourth-order valence-electron chi connectivity index (χ4n) is 6.58. The maximum absolute atomic E-state index is 10.5. The third kappa shape index (κ3) is 7.13. The van der Waals surface area contributed by atoms with Crippen molar-refractivity contribution in [3.8, 4) is 0 Å². The summed E-state index contributed by atoms with van der Waals surface area (Å²) in [5.41, 5.74) is 0. The maximum Gasteiger partial charge on any atom is 0.225 e. The Morgan fingerprint density at radius 2 is 1.18 bits per heavy atom. The van der Waals surface area contributed by atoms with Crippen molar-refractivity contribution in [3.63, 3.8) is 0 Å². The Kier molecular flexibility index (Phi) is 9.33. The molecule has 2 aromatic rings. The highest BCUT2D eigenvalue weighted by Crippen LogP contribution is 2.50. The molecule has 8 nitrogen and oxygen atoms in total. The van der Waals surface area contributed by atoms with E-state index >= 15 is 0 Å². The first kappa shape index (κ1) is 27.5. The van der Waals surface area contributed by atoms with E-state index in [0.29, 0.717) is 22.6 Å². The molecule has 2 aromatic heterocycles. The van der Waals surface area contributed by atoms with Crippen molar-refractivity contribution in [1.29, 1.82) is 0 Å². The number of aldehydes is 1. The molecule has 2 aliphatic heterocycles. The number of piperidine rings is 2. The first-order chi connectivity index (χ1) is 18.6. The number of carbonyl (C=O) groups is 1. The first-order valence-electron chi connectivity index (χ1n) is 14.0. The molecule has 4 atom stereocenters. The van der Waals surface area contributed by atoms with Crippen LogP contribution in [-0.2, 0) is 4.79 Å². The zero-order valence-electron chi connectivity index (χ0n) is 21.8. The molecule has 0 aromatic carbocycles. The van der Waals surface area contributed by atoms with Crippen LogP contribution in [0.2, 0.25) is 10.0 Å². The van der Waals surface area contributed by atoms with E-state index < -0.39 is 0 Å². The molecule has 0 spiro atoms. The molecular formula is C28H38Cl2N6O2. The zero-order valence-corrected chi connectivity index (χ0v) is 23.3. The molecule has 6 rings (SSSR count). The lowest BCUT2D eigenvalue weighted by molar-refractivity contribution is -0.108. The van der Waals surface area contributed by atoms with Crippen LogP contribution in [0.3, 0.4) is 0 Å². The fourth-order valence-corrected chi connectivity index (χ4v) is 6.78. The van der Waals surface area contributed by atoms with Gasteiger partial charge < -0.3 is 19.7 Å². The van der Waals surface area contributed by atoms with Crippen LogP contribution >= 0.6 is 23.2 Å². The molecule has 0 radical (unpaired) electrons. The van der Waals surface area contributed by atoms with Crippen molar-refractivity contribution in [2.45, 2.75) is 51.4 Å². The molecule has 38 heavy (non-hydrogen) atoms. The van der Waals surface area contributed by atoms with Crippen LogP contribution in [0.4, 0.5) is 11.9 Å². The van der Waals surface area contributed by atoms with Gasteiger partial charge in [-0.25, -0.2) is 19.9 Å². The summed E-state index contributed by atoms with van der Waals surface area (Å²) in [4.78, 5) is 32.1. The number of anilines is 2. The first-order valence-corrected chi connectivity index (χ1v) is 14.8. The lowest BCUT2D eigenvalue weighted by Gasteiger charge is -2.32. The van der Waals surface area contributed by atoms with E-state index in [1.54, 1.807) is 24.8 Å². The van der Waals surface area contributed by atoms with Crippen LogP contribution in [-0.4, -0.2) is 64.1 Å². The topological polar surface area (TPSA) is 95.3 Å². The molecule has 1 N–H and O–H groups in total. The summed E-state index contributed by atoms with van der Waals surface area (Å²) < 4.78 is 0. The SMILES string of the molecule is O=CC[C@@H]1CC1C1CCN(c2ncc(Cl)cn2)CC1.OCC[C@@H]1CC1C1CCN(c2ncc(Cl)cn2)CC1. The number of nitrogens with zero attached hydrogens (tertiary/aromatic N) is 6. The molecule has 2 unspecified atom stereocenters. The number of aromatic nitrogens is 4. The minimum atomic E-state index is 0.346. The number of aliphatic hydroxyl groups is 1. The third-order valence-corrected chi connectivity index (χ3v) is 9.31. The second-order valence-corrected chi connectivity index (χ2v) is 12.2. The second kappa shape index (κ2) is 12.9. The summed E-state index contributed by atoms with van der Waals surface area (Å²) in [5.74, 6) is 6.30. The van der Waals surface area contributed by atoms with Gasteiger partial charge in [0, 0.05) is 39.2 Å². The fraction of sp³-hybridized carbons (Fsp3) is 0.679. The number of hydrogen-bond donors (Lipinski definition) is 1. The van der Waals surface area contributed by atoms with Gasteiger partial charge in [-0.1, -0.05) is 23.2 Å². The van der Waals surface area contributed by atoms with Gasteiger partial charge in [-0.05, 0) is 80.5 Å². The van der Waals surface area contributed by atoms with E-state index in [4.69, 9.17) is 28.3 Å². The Balaban J connectivity index is 0.000000155. The largest absolute Gasteiger partial charge is 0.396 e. The molecule has 2 aliphatic carbocycles. The van der Waals surface area contributed by atoms with Crippen molar-refractivity contribution in [2.75, 3.05) is 42.6 Å². The Morgan fingerprint density at radius 1 is 0.763 bits per heavy atom. The normalized spacial score (nSPS) is 27.4. The Bertz CT molecular complexity index is 1030. The summed E-state index contributed by atoms with van der Waals surface area (Å²) in [6, 6.07) is 0. The van der Waals surface area contributed by atoms with Crippen LogP contribution in [0.5, 0.6) is 0 Å². The Morgan fingerprint density at radius 3 is 1.61 bits per heavy atom. The molecule has 0 bridgehead atoms. The third-order valence-electron chi connectivity index (χ3n) is 8.92. The number of halogens is 2. The minimum Gasteiger partial charge on any atom is -0.396 e. The summed E-state index contributed by atoms with van der Waals surface area (Å²) in [5, 5.41) is 10.1. The lowest BCUT2D eigenvalue weighted by Crippen LogP contribution is -2.35. The van der Waals surface area contributed by atoms with Gasteiger partial charge in [0.2, 0.25) is 11.9 Å². The monoisotopic (exact) mass is 560 g/mol. The van der Waals surface area contributed by atoms with Gasteiger partial charge in [0.1, 0.15) is 6.29 Å². The van der Waals surface area contributed by atoms with Crippen molar-refractivity contribution in [2.24, 2.45) is 35.5 Å². The van der Waals surface area contributed by atoms with E-state index in [1.807, 2.05) is 0 Å². The highest BCUT2D eigenvalue weighted by molar-refractivity contribution is 6.30. The van der Waals surface area contributed by atoms with Gasteiger partial charge in [-0.3, -0.25) is 0 Å². The van der Waals surface area contributed by atoms with E-state index in [9.17, 15) is 4.79 Å². The van der Waals surface area contributed by atoms with Crippen molar-refractivity contribution in [3.05, 3.63) is 34.8 Å². The van der Waals surface area contributed by atoms with Crippen molar-refractivity contribution < 1.29 is 9.90 Å². The Labute approximate surface area is 235 Å². The average Bonchev–Trinajstić information content (AvgIpc) is 3.88. The Hall–Kier alpha value is -2.03. The summed E-state index contributed by atoms with van der Waals surface area (Å²) in [6.07, 6.45) is 16.8. The van der Waals surface area contributed by atoms with E-state index in [-0.39, 0.29) is 0 Å². The highest BCUT2D eigenvalue weighted by Gasteiger charge is 2.44. The van der Waals surface area contributed by atoms with Crippen LogP contribution in [0, 0.1) is 35.5 Å². The number of rotatable bonds is 8. The molecular weight excluding hydrogens is 523 g/mol. The summed E-state index contributed by atoms with van der Waals surface area (Å²) in [6.45, 7) is 4.44. The van der Waals surface area contributed by atoms with Crippen LogP contribution in [0.25, 0.3) is 0 Å².